The maximum atomic E-state index is 12.1. The van der Waals surface area contributed by atoms with Gasteiger partial charge in [-0.15, -0.1) is 0 Å². The molecule has 2 fully saturated rings. The molecule has 1 unspecified atom stereocenters. The number of sulfone groups is 1. The van der Waals surface area contributed by atoms with Gasteiger partial charge < -0.3 is 5.32 Å². The molecular weight excluding hydrogens is 270 g/mol. The fourth-order valence-electron chi connectivity index (χ4n) is 3.71. The van der Waals surface area contributed by atoms with Crippen LogP contribution >= 0.6 is 0 Å². The lowest BCUT2D eigenvalue weighted by molar-refractivity contribution is 0.366. The van der Waals surface area contributed by atoms with Crippen LogP contribution in [0, 0.1) is 11.3 Å². The number of benzene rings is 1. The SMILES string of the molecule is O=S1(=O)CCC(NCC2(C3CC3)CC2)c2ccccc21. The van der Waals surface area contributed by atoms with E-state index in [4.69, 9.17) is 0 Å². The normalized spacial score (nSPS) is 29.7. The van der Waals surface area contributed by atoms with Crippen LogP contribution in [-0.4, -0.2) is 20.7 Å². The molecule has 1 aliphatic heterocycles. The molecule has 0 saturated heterocycles. The smallest absolute Gasteiger partial charge is 0.178 e. The summed E-state index contributed by atoms with van der Waals surface area (Å²) in [7, 11) is -3.06. The Morgan fingerprint density at radius 2 is 1.90 bits per heavy atom. The van der Waals surface area contributed by atoms with Crippen LogP contribution in [0.4, 0.5) is 0 Å². The first-order chi connectivity index (χ1) is 9.61. The topological polar surface area (TPSA) is 46.2 Å². The molecule has 2 saturated carbocycles. The minimum atomic E-state index is -3.06. The van der Waals surface area contributed by atoms with Crippen LogP contribution in [0.1, 0.15) is 43.7 Å². The van der Waals surface area contributed by atoms with Crippen molar-refractivity contribution in [3.63, 3.8) is 0 Å². The Hall–Kier alpha value is -0.870. The number of rotatable bonds is 4. The van der Waals surface area contributed by atoms with Gasteiger partial charge in [0, 0.05) is 12.6 Å². The Balaban J connectivity index is 1.54. The first-order valence-corrected chi connectivity index (χ1v) is 9.31. The minimum absolute atomic E-state index is 0.214. The molecule has 0 aromatic heterocycles. The number of nitrogens with one attached hydrogen (secondary N) is 1. The molecule has 0 spiro atoms. The average Bonchev–Trinajstić information content (AvgIpc) is 3.31. The third kappa shape index (κ3) is 2.09. The highest BCUT2D eigenvalue weighted by molar-refractivity contribution is 7.91. The lowest BCUT2D eigenvalue weighted by Gasteiger charge is -2.28. The predicted molar refractivity (Wildman–Crippen MR) is 78.2 cm³/mol. The van der Waals surface area contributed by atoms with Gasteiger partial charge in [0.25, 0.3) is 0 Å². The van der Waals surface area contributed by atoms with Gasteiger partial charge in [-0.3, -0.25) is 0 Å². The quantitative estimate of drug-likeness (QED) is 0.927. The van der Waals surface area contributed by atoms with Gasteiger partial charge in [-0.25, -0.2) is 8.42 Å². The van der Waals surface area contributed by atoms with Crippen LogP contribution in [-0.2, 0) is 9.84 Å². The standard InChI is InChI=1S/C16H21NO2S/c18-20(19)10-7-14(13-3-1-2-4-15(13)20)17-11-16(8-9-16)12-5-6-12/h1-4,12,14,17H,5-11H2. The molecular formula is C16H21NO2S. The summed E-state index contributed by atoms with van der Waals surface area (Å²) in [6.45, 7) is 1.07. The van der Waals surface area contributed by atoms with E-state index in [1.54, 1.807) is 6.07 Å². The van der Waals surface area contributed by atoms with Gasteiger partial charge in [-0.2, -0.15) is 0 Å². The van der Waals surface area contributed by atoms with Crippen LogP contribution in [0.5, 0.6) is 0 Å². The molecule has 3 nitrogen and oxygen atoms in total. The second-order valence-corrected chi connectivity index (χ2v) is 8.79. The number of fused-ring (bicyclic) bond motifs is 1. The summed E-state index contributed by atoms with van der Waals surface area (Å²) in [6, 6.07) is 7.71. The van der Waals surface area contributed by atoms with Crippen molar-refractivity contribution < 1.29 is 8.42 Å². The van der Waals surface area contributed by atoms with E-state index in [9.17, 15) is 8.42 Å². The van der Waals surface area contributed by atoms with Gasteiger partial charge in [-0.05, 0) is 55.1 Å². The highest BCUT2D eigenvalue weighted by atomic mass is 32.2. The zero-order chi connectivity index (χ0) is 13.8. The van der Waals surface area contributed by atoms with Crippen molar-refractivity contribution in [1.29, 1.82) is 0 Å². The van der Waals surface area contributed by atoms with Crippen molar-refractivity contribution in [2.45, 2.75) is 43.0 Å². The Labute approximate surface area is 120 Å². The predicted octanol–water partition coefficient (Wildman–Crippen LogP) is 2.68. The summed E-state index contributed by atoms with van der Waals surface area (Å²) in [5.74, 6) is 1.22. The molecule has 0 radical (unpaired) electrons. The Morgan fingerprint density at radius 3 is 2.60 bits per heavy atom. The third-order valence-electron chi connectivity index (χ3n) is 5.34. The second kappa shape index (κ2) is 4.31. The lowest BCUT2D eigenvalue weighted by Crippen LogP contribution is -2.34. The number of hydrogen-bond acceptors (Lipinski definition) is 3. The molecule has 0 bridgehead atoms. The zero-order valence-electron chi connectivity index (χ0n) is 11.6. The van der Waals surface area contributed by atoms with Crippen molar-refractivity contribution in [3.05, 3.63) is 29.8 Å². The van der Waals surface area contributed by atoms with Gasteiger partial charge in [0.05, 0.1) is 10.6 Å². The first-order valence-electron chi connectivity index (χ1n) is 7.66. The van der Waals surface area contributed by atoms with Crippen molar-refractivity contribution in [2.75, 3.05) is 12.3 Å². The van der Waals surface area contributed by atoms with Crippen molar-refractivity contribution >= 4 is 9.84 Å². The summed E-state index contributed by atoms with van der Waals surface area (Å²) in [4.78, 5) is 0.542. The molecule has 1 aromatic rings. The Bertz CT molecular complexity index is 630. The molecule has 4 heteroatoms. The summed E-state index contributed by atoms with van der Waals surface area (Å²) in [5, 5.41) is 3.68. The van der Waals surface area contributed by atoms with Crippen LogP contribution in [0.15, 0.2) is 29.2 Å². The number of hydrogen-bond donors (Lipinski definition) is 1. The van der Waals surface area contributed by atoms with Gasteiger partial charge >= 0.3 is 0 Å². The van der Waals surface area contributed by atoms with E-state index in [-0.39, 0.29) is 11.8 Å². The van der Waals surface area contributed by atoms with Gasteiger partial charge in [0.1, 0.15) is 0 Å². The maximum absolute atomic E-state index is 12.1. The summed E-state index contributed by atoms with van der Waals surface area (Å²) in [6.07, 6.45) is 6.23. The highest BCUT2D eigenvalue weighted by Gasteiger charge is 2.53. The maximum Gasteiger partial charge on any atom is 0.178 e. The van der Waals surface area contributed by atoms with E-state index in [2.05, 4.69) is 5.32 Å². The molecule has 3 aliphatic rings. The molecule has 1 aromatic carbocycles. The second-order valence-electron chi connectivity index (χ2n) is 6.72. The van der Waals surface area contributed by atoms with E-state index in [1.165, 1.54) is 25.7 Å². The molecule has 0 amide bonds. The molecule has 2 aliphatic carbocycles. The van der Waals surface area contributed by atoms with Crippen molar-refractivity contribution in [1.82, 2.24) is 5.32 Å². The van der Waals surface area contributed by atoms with Crippen LogP contribution in [0.25, 0.3) is 0 Å². The summed E-state index contributed by atoms with van der Waals surface area (Å²) >= 11 is 0. The van der Waals surface area contributed by atoms with Crippen LogP contribution in [0.2, 0.25) is 0 Å². The van der Waals surface area contributed by atoms with E-state index in [0.29, 0.717) is 16.7 Å². The average molecular weight is 291 g/mol. The Kier molecular flexibility index (Phi) is 2.77. The van der Waals surface area contributed by atoms with E-state index < -0.39 is 9.84 Å². The van der Waals surface area contributed by atoms with Crippen LogP contribution in [0.3, 0.4) is 0 Å². The van der Waals surface area contributed by atoms with Gasteiger partial charge in [-0.1, -0.05) is 18.2 Å². The summed E-state index contributed by atoms with van der Waals surface area (Å²) in [5.41, 5.74) is 1.54. The minimum Gasteiger partial charge on any atom is -0.309 e. The highest BCUT2D eigenvalue weighted by Crippen LogP contribution is 2.61. The van der Waals surface area contributed by atoms with Crippen molar-refractivity contribution in [2.24, 2.45) is 11.3 Å². The molecule has 1 atom stereocenters. The van der Waals surface area contributed by atoms with E-state index in [0.717, 1.165) is 18.0 Å². The molecule has 108 valence electrons. The van der Waals surface area contributed by atoms with E-state index >= 15 is 0 Å². The van der Waals surface area contributed by atoms with Crippen molar-refractivity contribution in [3.8, 4) is 0 Å². The fraction of sp³-hybridized carbons (Fsp3) is 0.625. The lowest BCUT2D eigenvalue weighted by atomic mass is 9.98. The molecule has 4 rings (SSSR count). The van der Waals surface area contributed by atoms with Crippen LogP contribution < -0.4 is 5.32 Å². The monoisotopic (exact) mass is 291 g/mol. The van der Waals surface area contributed by atoms with Gasteiger partial charge in [0.2, 0.25) is 0 Å². The molecule has 1 N–H and O–H groups in total. The van der Waals surface area contributed by atoms with E-state index in [1.807, 2.05) is 18.2 Å². The largest absolute Gasteiger partial charge is 0.309 e. The summed E-state index contributed by atoms with van der Waals surface area (Å²) < 4.78 is 24.2. The Morgan fingerprint density at radius 1 is 1.15 bits per heavy atom. The molecule has 20 heavy (non-hydrogen) atoms. The fourth-order valence-corrected chi connectivity index (χ4v) is 5.34. The first kappa shape index (κ1) is 12.8. The third-order valence-corrected chi connectivity index (χ3v) is 7.16. The van der Waals surface area contributed by atoms with Gasteiger partial charge in [0.15, 0.2) is 9.84 Å². The zero-order valence-corrected chi connectivity index (χ0v) is 12.5. The molecule has 1 heterocycles.